The van der Waals surface area contributed by atoms with Crippen LogP contribution in [0.3, 0.4) is 0 Å². The molecule has 0 radical (unpaired) electrons. The van der Waals surface area contributed by atoms with Gasteiger partial charge in [-0.1, -0.05) is 24.3 Å². The highest BCUT2D eigenvalue weighted by atomic mass is 19.1. The Balaban J connectivity index is 1.48. The van der Waals surface area contributed by atoms with Gasteiger partial charge in [0.05, 0.1) is 30.3 Å². The summed E-state index contributed by atoms with van der Waals surface area (Å²) < 4.78 is 19.6. The number of aryl methyl sites for hydroxylation is 1. The molecule has 140 valence electrons. The summed E-state index contributed by atoms with van der Waals surface area (Å²) in [4.78, 5) is 27.1. The molecule has 3 atom stereocenters. The zero-order valence-corrected chi connectivity index (χ0v) is 15.2. The number of hydrogen-bond donors (Lipinski definition) is 1. The summed E-state index contributed by atoms with van der Waals surface area (Å²) in [5.41, 5.74) is 1.01. The van der Waals surface area contributed by atoms with E-state index in [-0.39, 0.29) is 35.4 Å². The number of hydrogen-bond acceptors (Lipinski definition) is 3. The summed E-state index contributed by atoms with van der Waals surface area (Å²) in [6, 6.07) is 11.7. The number of likely N-dealkylation sites (tertiary alicyclic amines) is 1. The predicted octanol–water partition coefficient (Wildman–Crippen LogP) is 2.79. The molecule has 0 bridgehead atoms. The van der Waals surface area contributed by atoms with E-state index in [4.69, 9.17) is 4.74 Å². The van der Waals surface area contributed by atoms with Crippen molar-refractivity contribution in [1.29, 1.82) is 0 Å². The lowest BCUT2D eigenvalue weighted by molar-refractivity contribution is 0.0748. The Morgan fingerprint density at radius 3 is 2.67 bits per heavy atom. The Labute approximate surface area is 157 Å². The fourth-order valence-corrected chi connectivity index (χ4v) is 4.03. The number of carbonyl (C=O) groups excluding carboxylic acids is 2. The number of rotatable bonds is 4. The van der Waals surface area contributed by atoms with Gasteiger partial charge in [0.2, 0.25) is 0 Å². The van der Waals surface area contributed by atoms with Crippen LogP contribution in [-0.4, -0.2) is 42.5 Å². The van der Waals surface area contributed by atoms with Gasteiger partial charge in [0.1, 0.15) is 11.6 Å². The number of amides is 2. The fraction of sp³-hybridized carbons (Fsp3) is 0.333. The molecule has 0 aromatic heterocycles. The third-order valence-corrected chi connectivity index (χ3v) is 5.52. The van der Waals surface area contributed by atoms with Crippen molar-refractivity contribution in [2.75, 3.05) is 13.7 Å². The Hall–Kier alpha value is -2.89. The second kappa shape index (κ2) is 6.68. The lowest BCUT2D eigenvalue weighted by Crippen LogP contribution is -2.39. The highest BCUT2D eigenvalue weighted by Gasteiger charge is 2.59. The van der Waals surface area contributed by atoms with Crippen molar-refractivity contribution in [3.8, 4) is 5.75 Å². The second-order valence-electron chi connectivity index (χ2n) is 7.08. The summed E-state index contributed by atoms with van der Waals surface area (Å²) in [5.74, 6) is -0.268. The van der Waals surface area contributed by atoms with Crippen LogP contribution in [0.5, 0.6) is 5.75 Å². The Bertz CT molecular complexity index is 914. The number of fused-ring (bicyclic) bond motifs is 1. The molecule has 4 rings (SSSR count). The zero-order valence-electron chi connectivity index (χ0n) is 15.2. The minimum Gasteiger partial charge on any atom is -0.496 e. The number of benzene rings is 2. The first-order chi connectivity index (χ1) is 13.0. The number of nitrogens with zero attached hydrogens (tertiary/aromatic N) is 1. The molecule has 1 heterocycles. The fourth-order valence-electron chi connectivity index (χ4n) is 4.03. The van der Waals surface area contributed by atoms with Crippen molar-refractivity contribution in [2.24, 2.45) is 5.92 Å². The maximum Gasteiger partial charge on any atom is 0.257 e. The highest BCUT2D eigenvalue weighted by Crippen LogP contribution is 2.45. The third-order valence-electron chi connectivity index (χ3n) is 5.52. The molecule has 1 N–H and O–H groups in total. The lowest BCUT2D eigenvalue weighted by atomic mass is 10.1. The minimum absolute atomic E-state index is 0.0731. The Kier molecular flexibility index (Phi) is 4.34. The summed E-state index contributed by atoms with van der Waals surface area (Å²) in [5, 5.41) is 3.00. The summed E-state index contributed by atoms with van der Waals surface area (Å²) in [7, 11) is 1.52. The normalized spacial score (nSPS) is 22.9. The first-order valence-corrected chi connectivity index (χ1v) is 9.03. The molecule has 2 aliphatic rings. The van der Waals surface area contributed by atoms with Gasteiger partial charge in [-0.15, -0.1) is 0 Å². The van der Waals surface area contributed by atoms with Crippen molar-refractivity contribution in [3.05, 3.63) is 65.0 Å². The minimum atomic E-state index is -0.471. The predicted molar refractivity (Wildman–Crippen MR) is 98.3 cm³/mol. The van der Waals surface area contributed by atoms with E-state index in [1.165, 1.54) is 13.2 Å². The van der Waals surface area contributed by atoms with Crippen LogP contribution in [0.2, 0.25) is 0 Å². The summed E-state index contributed by atoms with van der Waals surface area (Å²) in [6.45, 7) is 2.23. The number of carbonyl (C=O) groups is 2. The molecule has 1 saturated heterocycles. The number of methoxy groups -OCH3 is 1. The maximum atomic E-state index is 14.3. The molecule has 5 nitrogen and oxygen atoms in total. The molecule has 27 heavy (non-hydrogen) atoms. The SMILES string of the molecule is COc1ccccc1C(=O)N[C@@H]1[C@H]2CCN(C(=O)c3cccc(C)c3F)[C@H]21. The van der Waals surface area contributed by atoms with Crippen LogP contribution >= 0.6 is 0 Å². The van der Waals surface area contributed by atoms with Gasteiger partial charge < -0.3 is 15.0 Å². The van der Waals surface area contributed by atoms with Gasteiger partial charge in [-0.25, -0.2) is 4.39 Å². The van der Waals surface area contributed by atoms with E-state index in [1.807, 2.05) is 0 Å². The Morgan fingerprint density at radius 2 is 1.89 bits per heavy atom. The average molecular weight is 368 g/mol. The van der Waals surface area contributed by atoms with Gasteiger partial charge >= 0.3 is 0 Å². The van der Waals surface area contributed by atoms with E-state index in [0.29, 0.717) is 23.4 Å². The van der Waals surface area contributed by atoms with E-state index in [9.17, 15) is 14.0 Å². The zero-order chi connectivity index (χ0) is 19.1. The average Bonchev–Trinajstić information content (AvgIpc) is 3.15. The molecule has 6 heteroatoms. The van der Waals surface area contributed by atoms with Crippen molar-refractivity contribution in [2.45, 2.75) is 25.4 Å². The van der Waals surface area contributed by atoms with Gasteiger partial charge in [-0.3, -0.25) is 9.59 Å². The number of para-hydroxylation sites is 1. The molecule has 2 amide bonds. The number of halogens is 1. The molecular formula is C21H21FN2O3. The van der Waals surface area contributed by atoms with Crippen LogP contribution in [0.4, 0.5) is 4.39 Å². The molecular weight excluding hydrogens is 347 g/mol. The quantitative estimate of drug-likeness (QED) is 0.903. The molecule has 2 aromatic rings. The Morgan fingerprint density at radius 1 is 1.15 bits per heavy atom. The first kappa shape index (κ1) is 17.5. The lowest BCUT2D eigenvalue weighted by Gasteiger charge is -2.21. The van der Waals surface area contributed by atoms with E-state index in [0.717, 1.165) is 6.42 Å². The van der Waals surface area contributed by atoms with Crippen molar-refractivity contribution in [1.82, 2.24) is 10.2 Å². The smallest absolute Gasteiger partial charge is 0.257 e. The highest BCUT2D eigenvalue weighted by molar-refractivity contribution is 5.98. The summed E-state index contributed by atoms with van der Waals surface area (Å²) >= 11 is 0. The van der Waals surface area contributed by atoms with E-state index >= 15 is 0 Å². The van der Waals surface area contributed by atoms with E-state index in [1.54, 1.807) is 48.2 Å². The molecule has 1 saturated carbocycles. The second-order valence-corrected chi connectivity index (χ2v) is 7.08. The molecule has 0 spiro atoms. The standard InChI is InChI=1S/C21H21FN2O3/c1-12-6-5-8-14(17(12)22)21(26)24-11-10-15-18(19(15)24)23-20(25)13-7-3-4-9-16(13)27-2/h3-9,15,18-19H,10-11H2,1-2H3,(H,23,25)/t15-,18-,19-/m1/s1. The number of ether oxygens (including phenoxy) is 1. The number of nitrogens with one attached hydrogen (secondary N) is 1. The van der Waals surface area contributed by atoms with Crippen molar-refractivity contribution >= 4 is 11.8 Å². The monoisotopic (exact) mass is 368 g/mol. The molecule has 2 aromatic carbocycles. The molecule has 1 aliphatic heterocycles. The van der Waals surface area contributed by atoms with Gasteiger partial charge in [-0.2, -0.15) is 0 Å². The van der Waals surface area contributed by atoms with Crippen LogP contribution in [0.25, 0.3) is 0 Å². The molecule has 2 fully saturated rings. The van der Waals surface area contributed by atoms with E-state index in [2.05, 4.69) is 5.32 Å². The van der Waals surface area contributed by atoms with E-state index < -0.39 is 5.82 Å². The first-order valence-electron chi connectivity index (χ1n) is 9.03. The van der Waals surface area contributed by atoms with Crippen molar-refractivity contribution < 1.29 is 18.7 Å². The molecule has 0 unspecified atom stereocenters. The van der Waals surface area contributed by atoms with Crippen LogP contribution < -0.4 is 10.1 Å². The van der Waals surface area contributed by atoms with Gasteiger partial charge in [0.25, 0.3) is 11.8 Å². The van der Waals surface area contributed by atoms with Crippen molar-refractivity contribution in [3.63, 3.8) is 0 Å². The van der Waals surface area contributed by atoms with Crippen LogP contribution in [0.1, 0.15) is 32.7 Å². The summed E-state index contributed by atoms with van der Waals surface area (Å²) in [6.07, 6.45) is 0.806. The van der Waals surface area contributed by atoms with Crippen LogP contribution in [0.15, 0.2) is 42.5 Å². The molecule has 1 aliphatic carbocycles. The number of piperidine rings is 1. The van der Waals surface area contributed by atoms with Crippen LogP contribution in [-0.2, 0) is 0 Å². The van der Waals surface area contributed by atoms with Gasteiger partial charge in [-0.05, 0) is 37.1 Å². The van der Waals surface area contributed by atoms with Gasteiger partial charge in [0, 0.05) is 12.5 Å². The van der Waals surface area contributed by atoms with Gasteiger partial charge in [0.15, 0.2) is 0 Å². The topological polar surface area (TPSA) is 58.6 Å². The van der Waals surface area contributed by atoms with Crippen LogP contribution in [0, 0.1) is 18.7 Å². The third kappa shape index (κ3) is 2.95. The largest absolute Gasteiger partial charge is 0.496 e. The maximum absolute atomic E-state index is 14.3.